The van der Waals surface area contributed by atoms with E-state index in [-0.39, 0.29) is 12.5 Å². The lowest BCUT2D eigenvalue weighted by Crippen LogP contribution is -2.25. The van der Waals surface area contributed by atoms with Gasteiger partial charge in [0.25, 0.3) is 5.91 Å². The highest BCUT2D eigenvalue weighted by Gasteiger charge is 2.10. The van der Waals surface area contributed by atoms with E-state index in [2.05, 4.69) is 91.4 Å². The van der Waals surface area contributed by atoms with Gasteiger partial charge in [0.15, 0.2) is 0 Å². The van der Waals surface area contributed by atoms with Gasteiger partial charge in [0.05, 0.1) is 19.9 Å². The molecule has 0 fully saturated rings. The first-order valence-electron chi connectivity index (χ1n) is 10.7. The molecule has 2 N–H and O–H groups in total. The van der Waals surface area contributed by atoms with Crippen LogP contribution in [0.4, 0.5) is 5.69 Å². The van der Waals surface area contributed by atoms with Crippen molar-refractivity contribution >= 4 is 73.8 Å². The van der Waals surface area contributed by atoms with Crippen molar-refractivity contribution in [3.05, 3.63) is 103 Å². The fraction of sp³-hybridized carbons (Fsp3) is 0.111. The number of hydrazone groups is 1. The summed E-state index contributed by atoms with van der Waals surface area (Å²) in [5, 5.41) is 9.58. The van der Waals surface area contributed by atoms with Gasteiger partial charge in [-0.15, -0.1) is 0 Å². The van der Waals surface area contributed by atoms with Gasteiger partial charge in [-0.25, -0.2) is 5.43 Å². The first-order chi connectivity index (χ1) is 16.5. The molecule has 5 nitrogen and oxygen atoms in total. The van der Waals surface area contributed by atoms with Crippen LogP contribution >= 0.6 is 45.2 Å². The van der Waals surface area contributed by atoms with Crippen molar-refractivity contribution in [1.29, 1.82) is 0 Å². The van der Waals surface area contributed by atoms with Gasteiger partial charge in [0, 0.05) is 5.69 Å². The molecule has 0 aliphatic rings. The molecule has 0 radical (unpaired) electrons. The predicted molar refractivity (Wildman–Crippen MR) is 156 cm³/mol. The molecule has 1 amide bonds. The molecule has 0 saturated carbocycles. The van der Waals surface area contributed by atoms with E-state index in [1.165, 1.54) is 16.3 Å². The molecule has 0 aromatic heterocycles. The summed E-state index contributed by atoms with van der Waals surface area (Å²) >= 11 is 4.54. The summed E-state index contributed by atoms with van der Waals surface area (Å²) in [5.41, 5.74) is 6.67. The highest BCUT2D eigenvalue weighted by atomic mass is 127. The molecule has 4 aromatic rings. The van der Waals surface area contributed by atoms with Gasteiger partial charge >= 0.3 is 0 Å². The Bertz CT molecular complexity index is 1310. The number of anilines is 1. The van der Waals surface area contributed by atoms with Crippen LogP contribution in [-0.4, -0.2) is 18.7 Å². The topological polar surface area (TPSA) is 62.7 Å². The first kappa shape index (κ1) is 24.5. The summed E-state index contributed by atoms with van der Waals surface area (Å²) in [5.74, 6) is 0.633. The number of fused-ring (bicyclic) bond motifs is 1. The van der Waals surface area contributed by atoms with Crippen LogP contribution in [0.1, 0.15) is 16.7 Å². The van der Waals surface area contributed by atoms with Gasteiger partial charge in [-0.05, 0) is 98.3 Å². The summed E-state index contributed by atoms with van der Waals surface area (Å²) < 4.78 is 8.17. The second-order valence-corrected chi connectivity index (χ2v) is 10.1. The fourth-order valence-corrected chi connectivity index (χ4v) is 5.56. The van der Waals surface area contributed by atoms with Crippen molar-refractivity contribution in [1.82, 2.24) is 5.43 Å². The normalized spacial score (nSPS) is 11.0. The highest BCUT2D eigenvalue weighted by molar-refractivity contribution is 14.1. The number of benzene rings is 4. The molecule has 0 unspecified atom stereocenters. The van der Waals surface area contributed by atoms with Crippen LogP contribution < -0.4 is 15.5 Å². The standard InChI is InChI=1S/C27H23I2N3O2/c1-18-9-11-22(12-10-18)30-16-26(33)32-31-15-19-13-24(28)27(25(29)14-19)34-17-21-7-4-6-20-5-2-3-8-23(20)21/h2-15,30H,16-17H2,1H3,(H,32,33)/b31-15-. The third-order valence-corrected chi connectivity index (χ3v) is 6.78. The molecule has 0 bridgehead atoms. The van der Waals surface area contributed by atoms with Gasteiger partial charge in [-0.2, -0.15) is 5.10 Å². The molecule has 0 spiro atoms. The number of hydrogen-bond acceptors (Lipinski definition) is 4. The van der Waals surface area contributed by atoms with Gasteiger partial charge in [-0.3, -0.25) is 4.79 Å². The van der Waals surface area contributed by atoms with Gasteiger partial charge in [0.2, 0.25) is 0 Å². The second-order valence-electron chi connectivity index (χ2n) is 7.75. The maximum absolute atomic E-state index is 12.1. The van der Waals surface area contributed by atoms with Crippen molar-refractivity contribution in [2.75, 3.05) is 11.9 Å². The molecule has 0 heterocycles. The summed E-state index contributed by atoms with van der Waals surface area (Å²) in [6.45, 7) is 2.67. The average Bonchev–Trinajstić information content (AvgIpc) is 2.83. The molecule has 0 atom stereocenters. The Balaban J connectivity index is 1.34. The van der Waals surface area contributed by atoms with E-state index in [4.69, 9.17) is 4.74 Å². The first-order valence-corrected chi connectivity index (χ1v) is 12.9. The Kier molecular flexibility index (Phi) is 8.39. The van der Waals surface area contributed by atoms with Crippen LogP contribution in [0.5, 0.6) is 5.75 Å². The number of hydrogen-bond donors (Lipinski definition) is 2. The maximum Gasteiger partial charge on any atom is 0.259 e. The van der Waals surface area contributed by atoms with Crippen molar-refractivity contribution in [3.8, 4) is 5.75 Å². The summed E-state index contributed by atoms with van der Waals surface area (Å²) in [4.78, 5) is 12.1. The molecular weight excluding hydrogens is 652 g/mol. The van der Waals surface area contributed by atoms with Crippen molar-refractivity contribution in [2.45, 2.75) is 13.5 Å². The number of rotatable bonds is 8. The van der Waals surface area contributed by atoms with E-state index in [1.807, 2.05) is 55.5 Å². The molecule has 0 saturated heterocycles. The summed E-state index contributed by atoms with van der Waals surface area (Å²) in [6, 6.07) is 26.4. The fourth-order valence-electron chi connectivity index (χ4n) is 3.43. The molecular formula is C27H23I2N3O2. The Hall–Kier alpha value is -2.66. The number of ether oxygens (including phenoxy) is 1. The lowest BCUT2D eigenvalue weighted by Gasteiger charge is -2.13. The second kappa shape index (κ2) is 11.7. The molecule has 34 heavy (non-hydrogen) atoms. The minimum absolute atomic E-state index is 0.149. The lowest BCUT2D eigenvalue weighted by atomic mass is 10.1. The Morgan fingerprint density at radius 2 is 1.68 bits per heavy atom. The smallest absolute Gasteiger partial charge is 0.259 e. The Morgan fingerprint density at radius 1 is 0.971 bits per heavy atom. The SMILES string of the molecule is Cc1ccc(NCC(=O)N/N=C\c2cc(I)c(OCc3cccc4ccccc34)c(I)c2)cc1. The highest BCUT2D eigenvalue weighted by Crippen LogP contribution is 2.30. The van der Waals surface area contributed by atoms with Gasteiger partial charge in [0.1, 0.15) is 12.4 Å². The molecule has 4 aromatic carbocycles. The number of nitrogens with one attached hydrogen (secondary N) is 2. The van der Waals surface area contributed by atoms with Crippen LogP contribution in [0.3, 0.4) is 0 Å². The number of aryl methyl sites for hydroxylation is 1. The van der Waals surface area contributed by atoms with Gasteiger partial charge in [-0.1, -0.05) is 60.2 Å². The molecule has 0 aliphatic heterocycles. The van der Waals surface area contributed by atoms with Gasteiger partial charge < -0.3 is 10.1 Å². The van der Waals surface area contributed by atoms with E-state index in [0.29, 0.717) is 6.61 Å². The van der Waals surface area contributed by atoms with E-state index >= 15 is 0 Å². The van der Waals surface area contributed by atoms with Crippen LogP contribution in [0.15, 0.2) is 84.0 Å². The van der Waals surface area contributed by atoms with Crippen LogP contribution in [0.2, 0.25) is 0 Å². The largest absolute Gasteiger partial charge is 0.487 e. The quantitative estimate of drug-likeness (QED) is 0.128. The van der Waals surface area contributed by atoms with E-state index in [9.17, 15) is 4.79 Å². The number of carbonyl (C=O) groups is 1. The zero-order valence-corrected chi connectivity index (χ0v) is 22.8. The number of halogens is 2. The van der Waals surface area contributed by atoms with Crippen LogP contribution in [0.25, 0.3) is 10.8 Å². The maximum atomic E-state index is 12.1. The number of nitrogens with zero attached hydrogens (tertiary/aromatic N) is 1. The Labute approximate surface area is 226 Å². The monoisotopic (exact) mass is 675 g/mol. The van der Waals surface area contributed by atoms with Crippen LogP contribution in [0, 0.1) is 14.1 Å². The minimum atomic E-state index is -0.212. The van der Waals surface area contributed by atoms with E-state index in [0.717, 1.165) is 29.7 Å². The number of carbonyl (C=O) groups excluding carboxylic acids is 1. The van der Waals surface area contributed by atoms with Crippen LogP contribution in [-0.2, 0) is 11.4 Å². The zero-order chi connectivity index (χ0) is 23.9. The summed E-state index contributed by atoms with van der Waals surface area (Å²) in [7, 11) is 0. The molecule has 7 heteroatoms. The minimum Gasteiger partial charge on any atom is -0.487 e. The van der Waals surface area contributed by atoms with Crippen molar-refractivity contribution in [3.63, 3.8) is 0 Å². The van der Waals surface area contributed by atoms with E-state index in [1.54, 1.807) is 6.21 Å². The molecule has 172 valence electrons. The lowest BCUT2D eigenvalue weighted by molar-refractivity contribution is -0.119. The average molecular weight is 675 g/mol. The zero-order valence-electron chi connectivity index (χ0n) is 18.5. The van der Waals surface area contributed by atoms with Crippen molar-refractivity contribution < 1.29 is 9.53 Å². The van der Waals surface area contributed by atoms with Crippen molar-refractivity contribution in [2.24, 2.45) is 5.10 Å². The third-order valence-electron chi connectivity index (χ3n) is 5.18. The molecule has 4 rings (SSSR count). The summed E-state index contributed by atoms with van der Waals surface area (Å²) in [6.07, 6.45) is 1.64. The third kappa shape index (κ3) is 6.47. The molecule has 0 aliphatic carbocycles. The van der Waals surface area contributed by atoms with E-state index < -0.39 is 0 Å². The number of amides is 1. The predicted octanol–water partition coefficient (Wildman–Crippen LogP) is 6.50. The Morgan fingerprint density at radius 3 is 2.44 bits per heavy atom.